The van der Waals surface area contributed by atoms with E-state index in [1.54, 1.807) is 18.2 Å². The zero-order valence-electron chi connectivity index (χ0n) is 9.56. The first-order chi connectivity index (χ1) is 9.11. The number of benzene rings is 1. The molecular weight excluding hydrogens is 254 g/mol. The first-order valence-electron chi connectivity index (χ1n) is 5.51. The third-order valence-electron chi connectivity index (χ3n) is 2.87. The number of para-hydroxylation sites is 1. The molecule has 1 aromatic carbocycles. The molecule has 6 heteroatoms. The van der Waals surface area contributed by atoms with Gasteiger partial charge in [0, 0.05) is 23.5 Å². The topological polar surface area (TPSA) is 58.0 Å². The normalized spacial score (nSPS) is 20.2. The minimum absolute atomic E-state index is 0.0499. The molecule has 4 nitrogen and oxygen atoms in total. The predicted octanol–water partition coefficient (Wildman–Crippen LogP) is 2.94. The zero-order chi connectivity index (χ0) is 13.5. The Kier molecular flexibility index (Phi) is 2.50. The molecule has 1 unspecified atom stereocenters. The molecule has 96 valence electrons. The number of nitrogens with one attached hydrogen (secondary N) is 1. The van der Waals surface area contributed by atoms with Crippen molar-refractivity contribution in [3.05, 3.63) is 53.3 Å². The molecule has 1 N–H and O–H groups in total. The molecule has 0 fully saturated rings. The Morgan fingerprint density at radius 3 is 2.79 bits per heavy atom. The number of H-pyrrole nitrogens is 1. The molecule has 1 aliphatic heterocycles. The number of hydrogen-bond donors (Lipinski definition) is 1. The molecule has 3 rings (SSSR count). The van der Waals surface area contributed by atoms with Crippen LogP contribution in [0.5, 0.6) is 5.75 Å². The fraction of sp³-hybridized carbons (Fsp3) is 0.154. The van der Waals surface area contributed by atoms with Crippen LogP contribution in [-0.4, -0.2) is 11.3 Å². The molecule has 2 aromatic rings. The van der Waals surface area contributed by atoms with Crippen LogP contribution in [0.15, 0.2) is 36.7 Å². The number of hydrogen-bond acceptors (Lipinski definition) is 3. The lowest BCUT2D eigenvalue weighted by Crippen LogP contribution is -2.35. The summed E-state index contributed by atoms with van der Waals surface area (Å²) in [5, 5.41) is 8.97. The van der Waals surface area contributed by atoms with Crippen molar-refractivity contribution in [2.75, 3.05) is 0 Å². The maximum atomic E-state index is 13.4. The summed E-state index contributed by atoms with van der Waals surface area (Å²) in [4.78, 5) is 2.72. The quantitative estimate of drug-likeness (QED) is 0.859. The van der Waals surface area contributed by atoms with Gasteiger partial charge in [-0.25, -0.2) is 0 Å². The SMILES string of the molecule is N#Cc1c[nH]cc1C1OC(F)(F)Oc2ccccc21. The number of nitrogens with zero attached hydrogens (tertiary/aromatic N) is 1. The lowest BCUT2D eigenvalue weighted by atomic mass is 9.99. The molecule has 0 radical (unpaired) electrons. The van der Waals surface area contributed by atoms with Crippen LogP contribution in [0.4, 0.5) is 8.78 Å². The third-order valence-corrected chi connectivity index (χ3v) is 2.87. The summed E-state index contributed by atoms with van der Waals surface area (Å²) in [5.41, 5.74) is 1.08. The smallest absolute Gasteiger partial charge is 0.409 e. The van der Waals surface area contributed by atoms with Gasteiger partial charge >= 0.3 is 6.29 Å². The van der Waals surface area contributed by atoms with E-state index in [-0.39, 0.29) is 11.3 Å². The van der Waals surface area contributed by atoms with Crippen molar-refractivity contribution < 1.29 is 18.3 Å². The largest absolute Gasteiger partial charge is 0.536 e. The van der Waals surface area contributed by atoms with Gasteiger partial charge in [0.25, 0.3) is 0 Å². The molecule has 1 aliphatic rings. The second kappa shape index (κ2) is 4.07. The summed E-state index contributed by atoms with van der Waals surface area (Å²) in [5.74, 6) is 0.0499. The van der Waals surface area contributed by atoms with Gasteiger partial charge in [0.1, 0.15) is 17.9 Å². The highest BCUT2D eigenvalue weighted by molar-refractivity contribution is 5.46. The van der Waals surface area contributed by atoms with Gasteiger partial charge in [-0.2, -0.15) is 5.26 Å². The second-order valence-corrected chi connectivity index (χ2v) is 4.04. The standard InChI is InChI=1S/C13H8F2N2O2/c14-13(15)18-11-4-2-1-3-9(11)12(19-13)10-7-17-6-8(10)5-16/h1-4,6-7,12,17H. The molecule has 0 bridgehead atoms. The fourth-order valence-electron chi connectivity index (χ4n) is 2.06. The molecule has 1 atom stereocenters. The Balaban J connectivity index is 2.14. The van der Waals surface area contributed by atoms with Gasteiger partial charge in [-0.3, -0.25) is 4.74 Å². The van der Waals surface area contributed by atoms with Crippen molar-refractivity contribution in [1.82, 2.24) is 4.98 Å². The maximum absolute atomic E-state index is 13.4. The number of rotatable bonds is 1. The van der Waals surface area contributed by atoms with Crippen LogP contribution in [0.25, 0.3) is 0 Å². The van der Waals surface area contributed by atoms with Crippen LogP contribution in [0.3, 0.4) is 0 Å². The first-order valence-corrected chi connectivity index (χ1v) is 5.51. The Morgan fingerprint density at radius 1 is 1.21 bits per heavy atom. The van der Waals surface area contributed by atoms with Crippen LogP contribution in [0.2, 0.25) is 0 Å². The minimum Gasteiger partial charge on any atom is -0.409 e. The highest BCUT2D eigenvalue weighted by Crippen LogP contribution is 2.43. The average molecular weight is 262 g/mol. The van der Waals surface area contributed by atoms with E-state index in [4.69, 9.17) is 5.26 Å². The van der Waals surface area contributed by atoms with Crippen molar-refractivity contribution >= 4 is 0 Å². The zero-order valence-corrected chi connectivity index (χ0v) is 9.56. The van der Waals surface area contributed by atoms with Gasteiger partial charge in [-0.15, -0.1) is 8.78 Å². The summed E-state index contributed by atoms with van der Waals surface area (Å²) in [6, 6.07) is 8.30. The number of fused-ring (bicyclic) bond motifs is 1. The Labute approximate surface area is 107 Å². The van der Waals surface area contributed by atoms with Gasteiger partial charge in [0.15, 0.2) is 0 Å². The molecule has 2 heterocycles. The number of halogens is 2. The van der Waals surface area contributed by atoms with E-state index < -0.39 is 12.4 Å². The minimum atomic E-state index is -3.72. The summed E-state index contributed by atoms with van der Waals surface area (Å²) >= 11 is 0. The Hall–Kier alpha value is -2.39. The highest BCUT2D eigenvalue weighted by atomic mass is 19.3. The number of alkyl halides is 2. The van der Waals surface area contributed by atoms with Crippen molar-refractivity contribution in [3.8, 4) is 11.8 Å². The van der Waals surface area contributed by atoms with E-state index in [0.717, 1.165) is 0 Å². The summed E-state index contributed by atoms with van der Waals surface area (Å²) < 4.78 is 36.0. The van der Waals surface area contributed by atoms with Gasteiger partial charge in [0.05, 0.1) is 5.56 Å². The average Bonchev–Trinajstić information content (AvgIpc) is 2.84. The lowest BCUT2D eigenvalue weighted by molar-refractivity contribution is -0.376. The summed E-state index contributed by atoms with van der Waals surface area (Å²) in [6.45, 7) is 0. The monoisotopic (exact) mass is 262 g/mol. The van der Waals surface area contributed by atoms with Crippen molar-refractivity contribution in [2.24, 2.45) is 0 Å². The van der Waals surface area contributed by atoms with Crippen molar-refractivity contribution in [2.45, 2.75) is 12.4 Å². The fourth-order valence-corrected chi connectivity index (χ4v) is 2.06. The molecule has 0 spiro atoms. The van der Waals surface area contributed by atoms with E-state index >= 15 is 0 Å². The second-order valence-electron chi connectivity index (χ2n) is 4.04. The van der Waals surface area contributed by atoms with E-state index in [0.29, 0.717) is 11.1 Å². The molecule has 19 heavy (non-hydrogen) atoms. The molecule has 1 aromatic heterocycles. The molecular formula is C13H8F2N2O2. The van der Waals surface area contributed by atoms with Gasteiger partial charge in [-0.1, -0.05) is 18.2 Å². The van der Waals surface area contributed by atoms with Crippen LogP contribution in [-0.2, 0) is 4.74 Å². The van der Waals surface area contributed by atoms with Crippen LogP contribution < -0.4 is 4.74 Å². The van der Waals surface area contributed by atoms with Crippen LogP contribution in [0.1, 0.15) is 22.8 Å². The Morgan fingerprint density at radius 2 is 2.00 bits per heavy atom. The lowest BCUT2D eigenvalue weighted by Gasteiger charge is -2.31. The van der Waals surface area contributed by atoms with E-state index in [9.17, 15) is 8.78 Å². The Bertz CT molecular complexity index is 661. The van der Waals surface area contributed by atoms with E-state index in [1.807, 2.05) is 6.07 Å². The van der Waals surface area contributed by atoms with E-state index in [1.165, 1.54) is 18.5 Å². The molecule has 0 aliphatic carbocycles. The predicted molar refractivity (Wildman–Crippen MR) is 60.5 cm³/mol. The third kappa shape index (κ3) is 1.94. The molecule has 0 saturated heterocycles. The number of nitriles is 1. The maximum Gasteiger partial charge on any atom is 0.536 e. The van der Waals surface area contributed by atoms with Gasteiger partial charge in [0.2, 0.25) is 0 Å². The molecule has 0 amide bonds. The van der Waals surface area contributed by atoms with Gasteiger partial charge < -0.3 is 9.72 Å². The molecule has 0 saturated carbocycles. The number of aromatic amines is 1. The van der Waals surface area contributed by atoms with Crippen LogP contribution >= 0.6 is 0 Å². The van der Waals surface area contributed by atoms with Gasteiger partial charge in [-0.05, 0) is 6.07 Å². The van der Waals surface area contributed by atoms with Crippen LogP contribution in [0, 0.1) is 11.3 Å². The number of aromatic nitrogens is 1. The summed E-state index contributed by atoms with van der Waals surface area (Å²) in [6.07, 6.45) is -1.85. The highest BCUT2D eigenvalue weighted by Gasteiger charge is 2.44. The van der Waals surface area contributed by atoms with E-state index in [2.05, 4.69) is 14.5 Å². The first kappa shape index (κ1) is 11.7. The van der Waals surface area contributed by atoms with Crippen molar-refractivity contribution in [3.63, 3.8) is 0 Å². The van der Waals surface area contributed by atoms with Crippen molar-refractivity contribution in [1.29, 1.82) is 5.26 Å². The number of ether oxygens (including phenoxy) is 2. The summed E-state index contributed by atoms with van der Waals surface area (Å²) in [7, 11) is 0.